The maximum absolute atomic E-state index is 12.8. The van der Waals surface area contributed by atoms with Gasteiger partial charge in [-0.05, 0) is 48.9 Å². The van der Waals surface area contributed by atoms with Crippen LogP contribution in [0.5, 0.6) is 11.5 Å². The lowest BCUT2D eigenvalue weighted by atomic mass is 10.1. The third-order valence-corrected chi connectivity index (χ3v) is 4.70. The van der Waals surface area contributed by atoms with E-state index in [1.807, 2.05) is 6.92 Å². The molecule has 3 rings (SSSR count). The first-order valence-corrected chi connectivity index (χ1v) is 9.14. The van der Waals surface area contributed by atoms with Crippen molar-refractivity contribution in [2.75, 3.05) is 14.2 Å². The van der Waals surface area contributed by atoms with E-state index in [0.717, 1.165) is 0 Å². The third-order valence-electron chi connectivity index (χ3n) is 4.42. The number of aromatic nitrogens is 2. The summed E-state index contributed by atoms with van der Waals surface area (Å²) < 4.78 is 12.1. The first-order valence-electron chi connectivity index (χ1n) is 8.77. The minimum absolute atomic E-state index is 0.105. The average molecular weight is 415 g/mol. The molecule has 0 atom stereocenters. The van der Waals surface area contributed by atoms with Crippen molar-refractivity contribution in [1.82, 2.24) is 9.55 Å². The van der Waals surface area contributed by atoms with Crippen LogP contribution in [0.3, 0.4) is 0 Å². The van der Waals surface area contributed by atoms with Crippen molar-refractivity contribution in [3.05, 3.63) is 62.5 Å². The zero-order valence-corrected chi connectivity index (χ0v) is 16.9. The van der Waals surface area contributed by atoms with Gasteiger partial charge in [-0.15, -0.1) is 0 Å². The van der Waals surface area contributed by atoms with Crippen LogP contribution in [-0.4, -0.2) is 34.8 Å². The lowest BCUT2D eigenvalue weighted by Crippen LogP contribution is -2.23. The highest BCUT2D eigenvalue weighted by Gasteiger charge is 2.12. The van der Waals surface area contributed by atoms with Crippen molar-refractivity contribution in [3.8, 4) is 11.5 Å². The number of hydrogen-bond donors (Lipinski definition) is 1. The number of hydrogen-bond acceptors (Lipinski definition) is 5. The summed E-state index contributed by atoms with van der Waals surface area (Å²) in [4.78, 5) is 28.4. The standard InChI is InChI=1S/C21H19ClN2O5/c1-4-24-17-8-6-13(21(26)27)11-16(17)23-15(20(24)25)7-5-12-9-14(22)19(29-3)18(10-12)28-2/h5-11H,4H2,1-3H3,(H,26,27)/b7-5+. The zero-order chi connectivity index (χ0) is 21.1. The van der Waals surface area contributed by atoms with Gasteiger partial charge in [0.1, 0.15) is 5.69 Å². The molecule has 0 unspecified atom stereocenters. The highest BCUT2D eigenvalue weighted by atomic mass is 35.5. The lowest BCUT2D eigenvalue weighted by Gasteiger charge is -2.10. The summed E-state index contributed by atoms with van der Waals surface area (Å²) >= 11 is 6.22. The summed E-state index contributed by atoms with van der Waals surface area (Å²) in [5.74, 6) is -0.173. The van der Waals surface area contributed by atoms with Gasteiger partial charge in [-0.1, -0.05) is 17.7 Å². The van der Waals surface area contributed by atoms with Crippen LogP contribution >= 0.6 is 11.6 Å². The number of rotatable bonds is 6. The molecule has 0 aliphatic rings. The SMILES string of the molecule is CCn1c(=O)c(/C=C/c2cc(Cl)c(OC)c(OC)c2)nc2cc(C(=O)O)ccc21. The Labute approximate surface area is 171 Å². The highest BCUT2D eigenvalue weighted by molar-refractivity contribution is 6.32. The van der Waals surface area contributed by atoms with Crippen molar-refractivity contribution >= 4 is 40.8 Å². The molecule has 0 fully saturated rings. The van der Waals surface area contributed by atoms with E-state index in [2.05, 4.69) is 4.98 Å². The maximum atomic E-state index is 12.8. The summed E-state index contributed by atoms with van der Waals surface area (Å²) in [6, 6.07) is 7.91. The van der Waals surface area contributed by atoms with Gasteiger partial charge in [0.25, 0.3) is 5.56 Å². The molecule has 3 aromatic rings. The molecule has 0 aliphatic carbocycles. The van der Waals surface area contributed by atoms with Crippen LogP contribution in [-0.2, 0) is 6.54 Å². The van der Waals surface area contributed by atoms with Crippen molar-refractivity contribution in [3.63, 3.8) is 0 Å². The maximum Gasteiger partial charge on any atom is 0.335 e. The Morgan fingerprint density at radius 3 is 2.59 bits per heavy atom. The molecule has 2 aromatic carbocycles. The van der Waals surface area contributed by atoms with Crippen LogP contribution in [0.25, 0.3) is 23.2 Å². The molecule has 1 N–H and O–H groups in total. The number of halogens is 1. The number of carboxylic acid groups (broad SMARTS) is 1. The molecular weight excluding hydrogens is 396 g/mol. The summed E-state index contributed by atoms with van der Waals surface area (Å²) in [6.45, 7) is 2.26. The number of carboxylic acids is 1. The van der Waals surface area contributed by atoms with E-state index in [4.69, 9.17) is 21.1 Å². The first kappa shape index (κ1) is 20.4. The second kappa shape index (κ2) is 8.36. The van der Waals surface area contributed by atoms with Crippen LogP contribution in [0.4, 0.5) is 0 Å². The summed E-state index contributed by atoms with van der Waals surface area (Å²) in [6.07, 6.45) is 3.25. The number of fused-ring (bicyclic) bond motifs is 1. The molecule has 0 spiro atoms. The fourth-order valence-corrected chi connectivity index (χ4v) is 3.33. The molecule has 7 nitrogen and oxygen atoms in total. The molecule has 150 valence electrons. The summed E-state index contributed by atoms with van der Waals surface area (Å²) in [5, 5.41) is 9.59. The van der Waals surface area contributed by atoms with Crippen molar-refractivity contribution in [2.45, 2.75) is 13.5 Å². The second-order valence-electron chi connectivity index (χ2n) is 6.13. The van der Waals surface area contributed by atoms with Gasteiger partial charge < -0.3 is 19.1 Å². The van der Waals surface area contributed by atoms with E-state index in [-0.39, 0.29) is 16.8 Å². The number of nitrogens with zero attached hydrogens (tertiary/aromatic N) is 2. The van der Waals surface area contributed by atoms with E-state index in [1.54, 1.807) is 34.9 Å². The Morgan fingerprint density at radius 2 is 1.97 bits per heavy atom. The van der Waals surface area contributed by atoms with Gasteiger partial charge in [-0.2, -0.15) is 0 Å². The number of ether oxygens (including phenoxy) is 2. The molecule has 29 heavy (non-hydrogen) atoms. The molecule has 0 amide bonds. The van der Waals surface area contributed by atoms with Gasteiger partial charge in [0.2, 0.25) is 0 Å². The Hall–Kier alpha value is -3.32. The van der Waals surface area contributed by atoms with Gasteiger partial charge in [-0.3, -0.25) is 4.79 Å². The molecule has 0 radical (unpaired) electrons. The summed E-state index contributed by atoms with van der Waals surface area (Å²) in [7, 11) is 3.00. The van der Waals surface area contributed by atoms with E-state index in [1.165, 1.54) is 26.4 Å². The van der Waals surface area contributed by atoms with Crippen LogP contribution < -0.4 is 15.0 Å². The minimum atomic E-state index is -1.06. The van der Waals surface area contributed by atoms with Crippen molar-refractivity contribution < 1.29 is 19.4 Å². The average Bonchev–Trinajstić information content (AvgIpc) is 2.71. The van der Waals surface area contributed by atoms with Crippen molar-refractivity contribution in [1.29, 1.82) is 0 Å². The topological polar surface area (TPSA) is 90.7 Å². The van der Waals surface area contributed by atoms with E-state index < -0.39 is 5.97 Å². The minimum Gasteiger partial charge on any atom is -0.493 e. The third kappa shape index (κ3) is 3.95. The van der Waals surface area contributed by atoms with Gasteiger partial charge in [-0.25, -0.2) is 9.78 Å². The second-order valence-corrected chi connectivity index (χ2v) is 6.53. The summed E-state index contributed by atoms with van der Waals surface area (Å²) in [5.41, 5.74) is 1.72. The Kier molecular flexibility index (Phi) is 5.89. The van der Waals surface area contributed by atoms with Crippen LogP contribution in [0, 0.1) is 0 Å². The van der Waals surface area contributed by atoms with Gasteiger partial charge >= 0.3 is 5.97 Å². The Morgan fingerprint density at radius 1 is 1.21 bits per heavy atom. The molecular formula is C21H19ClN2O5. The number of carbonyl (C=O) groups is 1. The fourth-order valence-electron chi connectivity index (χ4n) is 3.03. The molecule has 0 saturated carbocycles. The molecule has 1 aromatic heterocycles. The van der Waals surface area contributed by atoms with E-state index >= 15 is 0 Å². The largest absolute Gasteiger partial charge is 0.493 e. The predicted molar refractivity (Wildman–Crippen MR) is 112 cm³/mol. The molecule has 0 bridgehead atoms. The first-order chi connectivity index (χ1) is 13.9. The quantitative estimate of drug-likeness (QED) is 0.656. The van der Waals surface area contributed by atoms with Gasteiger partial charge in [0.15, 0.2) is 11.5 Å². The van der Waals surface area contributed by atoms with E-state index in [0.29, 0.717) is 39.7 Å². The molecule has 8 heteroatoms. The number of methoxy groups -OCH3 is 2. The Balaban J connectivity index is 2.12. The Bertz CT molecular complexity index is 1180. The van der Waals surface area contributed by atoms with Gasteiger partial charge in [0.05, 0.1) is 35.8 Å². The highest BCUT2D eigenvalue weighted by Crippen LogP contribution is 2.36. The monoisotopic (exact) mass is 414 g/mol. The fraction of sp³-hybridized carbons (Fsp3) is 0.190. The lowest BCUT2D eigenvalue weighted by molar-refractivity contribution is 0.0697. The zero-order valence-electron chi connectivity index (χ0n) is 16.1. The molecule has 0 aliphatic heterocycles. The molecule has 0 saturated heterocycles. The van der Waals surface area contributed by atoms with Crippen LogP contribution in [0.2, 0.25) is 5.02 Å². The number of benzene rings is 2. The normalized spacial score (nSPS) is 11.2. The smallest absolute Gasteiger partial charge is 0.335 e. The number of aryl methyl sites for hydroxylation is 1. The molecule has 1 heterocycles. The number of aromatic carboxylic acids is 1. The van der Waals surface area contributed by atoms with Crippen LogP contribution in [0.1, 0.15) is 28.5 Å². The predicted octanol–water partition coefficient (Wildman–Crippen LogP) is 3.96. The van der Waals surface area contributed by atoms with Gasteiger partial charge in [0, 0.05) is 6.54 Å². The van der Waals surface area contributed by atoms with Crippen LogP contribution in [0.15, 0.2) is 35.1 Å². The van der Waals surface area contributed by atoms with Crippen molar-refractivity contribution in [2.24, 2.45) is 0 Å². The van der Waals surface area contributed by atoms with E-state index in [9.17, 15) is 14.7 Å².